The Kier molecular flexibility index (Phi) is 4.92. The molecule has 3 rings (SSSR count). The molecule has 1 N–H and O–H groups in total. The van der Waals surface area contributed by atoms with Gasteiger partial charge in [0.25, 0.3) is 5.91 Å². The summed E-state index contributed by atoms with van der Waals surface area (Å²) >= 11 is 1.50. The molecule has 4 nitrogen and oxygen atoms in total. The van der Waals surface area contributed by atoms with Gasteiger partial charge in [0.1, 0.15) is 5.75 Å². The molecule has 1 unspecified atom stereocenters. The van der Waals surface area contributed by atoms with E-state index in [2.05, 4.69) is 0 Å². The van der Waals surface area contributed by atoms with Gasteiger partial charge in [-0.3, -0.25) is 4.79 Å². The molecule has 2 aromatic rings. The van der Waals surface area contributed by atoms with E-state index in [1.807, 2.05) is 37.3 Å². The predicted octanol–water partition coefficient (Wildman–Crippen LogP) is 3.58. The number of carbonyl (C=O) groups is 1. The molecule has 1 aromatic carbocycles. The van der Waals surface area contributed by atoms with Crippen molar-refractivity contribution in [1.82, 2.24) is 4.90 Å². The number of methoxy groups -OCH3 is 1. The van der Waals surface area contributed by atoms with Gasteiger partial charge in [0.05, 0.1) is 18.1 Å². The molecule has 0 saturated heterocycles. The third kappa shape index (κ3) is 3.62. The summed E-state index contributed by atoms with van der Waals surface area (Å²) in [6.45, 7) is 2.43. The van der Waals surface area contributed by atoms with Crippen molar-refractivity contribution >= 4 is 17.2 Å². The van der Waals surface area contributed by atoms with E-state index in [9.17, 15) is 9.90 Å². The fourth-order valence-corrected chi connectivity index (χ4v) is 3.86. The Morgan fingerprint density at radius 2 is 2.04 bits per heavy atom. The first-order valence-corrected chi connectivity index (χ1v) is 8.99. The minimum atomic E-state index is -0.402. The molecule has 128 valence electrons. The number of ether oxygens (including phenoxy) is 1. The van der Waals surface area contributed by atoms with Gasteiger partial charge in [0.15, 0.2) is 0 Å². The number of amides is 1. The number of hydrogen-bond donors (Lipinski definition) is 1. The fraction of sp³-hybridized carbons (Fsp3) is 0.421. The van der Waals surface area contributed by atoms with E-state index in [1.165, 1.54) is 11.3 Å². The van der Waals surface area contributed by atoms with Crippen molar-refractivity contribution < 1.29 is 14.6 Å². The van der Waals surface area contributed by atoms with Gasteiger partial charge in [0, 0.05) is 18.5 Å². The zero-order chi connectivity index (χ0) is 17.3. The van der Waals surface area contributed by atoms with Gasteiger partial charge in [-0.15, -0.1) is 11.3 Å². The number of rotatable bonds is 6. The highest BCUT2D eigenvalue weighted by molar-refractivity contribution is 7.14. The van der Waals surface area contributed by atoms with Gasteiger partial charge in [-0.05, 0) is 55.0 Å². The van der Waals surface area contributed by atoms with Gasteiger partial charge in [-0.2, -0.15) is 0 Å². The Morgan fingerprint density at radius 3 is 2.62 bits per heavy atom. The van der Waals surface area contributed by atoms with Crippen molar-refractivity contribution in [2.75, 3.05) is 20.7 Å². The third-order valence-corrected chi connectivity index (χ3v) is 5.54. The number of aryl methyl sites for hydroxylation is 1. The number of thiophene rings is 1. The summed E-state index contributed by atoms with van der Waals surface area (Å²) in [4.78, 5) is 16.1. The van der Waals surface area contributed by atoms with Gasteiger partial charge >= 0.3 is 0 Å². The first-order valence-electron chi connectivity index (χ1n) is 8.18. The lowest BCUT2D eigenvalue weighted by molar-refractivity contribution is 0.0649. The summed E-state index contributed by atoms with van der Waals surface area (Å²) in [5.41, 5.74) is 2.14. The lowest BCUT2D eigenvalue weighted by atomic mass is 10.1. The van der Waals surface area contributed by atoms with Crippen LogP contribution in [0, 0.1) is 12.8 Å². The summed E-state index contributed by atoms with van der Waals surface area (Å²) in [7, 11) is 3.41. The number of carbonyl (C=O) groups excluding carboxylic acids is 1. The number of hydrogen-bond acceptors (Lipinski definition) is 4. The summed E-state index contributed by atoms with van der Waals surface area (Å²) in [5, 5.41) is 10.0. The summed E-state index contributed by atoms with van der Waals surface area (Å²) < 4.78 is 5.19. The summed E-state index contributed by atoms with van der Waals surface area (Å²) in [6.07, 6.45) is 1.74. The molecule has 1 aromatic heterocycles. The van der Waals surface area contributed by atoms with Crippen LogP contribution in [0.15, 0.2) is 30.3 Å². The first kappa shape index (κ1) is 17.0. The minimum absolute atomic E-state index is 0.0254. The molecule has 5 heteroatoms. The highest BCUT2D eigenvalue weighted by atomic mass is 32.1. The molecule has 1 atom stereocenters. The van der Waals surface area contributed by atoms with E-state index in [0.29, 0.717) is 17.3 Å². The van der Waals surface area contributed by atoms with E-state index in [0.717, 1.165) is 34.6 Å². The lowest BCUT2D eigenvalue weighted by Gasteiger charge is -2.20. The van der Waals surface area contributed by atoms with Crippen LogP contribution < -0.4 is 4.74 Å². The predicted molar refractivity (Wildman–Crippen MR) is 96.7 cm³/mol. The molecule has 1 heterocycles. The van der Waals surface area contributed by atoms with Crippen molar-refractivity contribution in [2.24, 2.45) is 5.92 Å². The largest absolute Gasteiger partial charge is 0.497 e. The molecule has 1 aliphatic rings. The molecule has 0 aliphatic heterocycles. The molecule has 1 saturated carbocycles. The summed E-state index contributed by atoms with van der Waals surface area (Å²) in [5.74, 6) is 1.17. The second kappa shape index (κ2) is 6.95. The Hall–Kier alpha value is -1.85. The van der Waals surface area contributed by atoms with Gasteiger partial charge in [-0.1, -0.05) is 12.1 Å². The van der Waals surface area contributed by atoms with Crippen LogP contribution in [0.25, 0.3) is 11.1 Å². The van der Waals surface area contributed by atoms with Gasteiger partial charge in [0.2, 0.25) is 0 Å². The highest BCUT2D eigenvalue weighted by Gasteiger charge is 2.31. The molecule has 1 fully saturated rings. The van der Waals surface area contributed by atoms with Crippen molar-refractivity contribution in [3.8, 4) is 16.9 Å². The van der Waals surface area contributed by atoms with E-state index in [1.54, 1.807) is 19.1 Å². The number of nitrogens with zero attached hydrogens (tertiary/aromatic N) is 1. The fourth-order valence-electron chi connectivity index (χ4n) is 2.83. The molecular weight excluding hydrogens is 322 g/mol. The standard InChI is InChI=1S/C19H23NO3S/c1-12-16(13-6-8-15(23-3)9-7-13)10-18(24-12)19(22)20(2)11-17(21)14-4-5-14/h6-10,14,17,21H,4-5,11H2,1-3H3. The average Bonchev–Trinajstić information content (AvgIpc) is 3.37. The van der Waals surface area contributed by atoms with Crippen LogP contribution in [0.1, 0.15) is 27.4 Å². The van der Waals surface area contributed by atoms with Crippen LogP contribution in [-0.4, -0.2) is 42.7 Å². The van der Waals surface area contributed by atoms with Crippen LogP contribution in [-0.2, 0) is 0 Å². The topological polar surface area (TPSA) is 49.8 Å². The maximum absolute atomic E-state index is 12.6. The Labute approximate surface area is 146 Å². The molecule has 0 bridgehead atoms. The molecular formula is C19H23NO3S. The SMILES string of the molecule is COc1ccc(-c2cc(C(=O)N(C)CC(O)C3CC3)sc2C)cc1. The molecule has 0 spiro atoms. The van der Waals surface area contributed by atoms with Crippen molar-refractivity contribution in [2.45, 2.75) is 25.9 Å². The molecule has 0 radical (unpaired) electrons. The smallest absolute Gasteiger partial charge is 0.263 e. The van der Waals surface area contributed by atoms with Crippen LogP contribution in [0.3, 0.4) is 0 Å². The normalized spacial score (nSPS) is 15.2. The average molecular weight is 345 g/mol. The first-order chi connectivity index (χ1) is 11.5. The van der Waals surface area contributed by atoms with E-state index < -0.39 is 6.10 Å². The lowest BCUT2D eigenvalue weighted by Crippen LogP contribution is -2.34. The zero-order valence-electron chi connectivity index (χ0n) is 14.3. The van der Waals surface area contributed by atoms with Gasteiger partial charge < -0.3 is 14.7 Å². The monoisotopic (exact) mass is 345 g/mol. The third-order valence-electron chi connectivity index (χ3n) is 4.50. The quantitative estimate of drug-likeness (QED) is 0.871. The van der Waals surface area contributed by atoms with Crippen molar-refractivity contribution in [1.29, 1.82) is 0 Å². The van der Waals surface area contributed by atoms with Crippen molar-refractivity contribution in [3.63, 3.8) is 0 Å². The summed E-state index contributed by atoms with van der Waals surface area (Å²) in [6, 6.07) is 9.80. The zero-order valence-corrected chi connectivity index (χ0v) is 15.1. The number of aliphatic hydroxyl groups is 1. The van der Waals surface area contributed by atoms with Crippen LogP contribution in [0.2, 0.25) is 0 Å². The van der Waals surface area contributed by atoms with E-state index >= 15 is 0 Å². The maximum atomic E-state index is 12.6. The number of likely N-dealkylation sites (N-methyl/N-ethyl adjacent to an activating group) is 1. The van der Waals surface area contributed by atoms with E-state index in [-0.39, 0.29) is 5.91 Å². The van der Waals surface area contributed by atoms with Crippen LogP contribution >= 0.6 is 11.3 Å². The van der Waals surface area contributed by atoms with E-state index in [4.69, 9.17) is 4.74 Å². The minimum Gasteiger partial charge on any atom is -0.497 e. The number of aliphatic hydroxyl groups excluding tert-OH is 1. The Bertz CT molecular complexity index is 719. The van der Waals surface area contributed by atoms with Crippen LogP contribution in [0.4, 0.5) is 0 Å². The number of benzene rings is 1. The Balaban J connectivity index is 1.75. The van der Waals surface area contributed by atoms with Crippen molar-refractivity contribution in [3.05, 3.63) is 40.1 Å². The molecule has 24 heavy (non-hydrogen) atoms. The second-order valence-corrected chi connectivity index (χ2v) is 7.66. The molecule has 1 aliphatic carbocycles. The maximum Gasteiger partial charge on any atom is 0.263 e. The van der Waals surface area contributed by atoms with Gasteiger partial charge in [-0.25, -0.2) is 0 Å². The second-order valence-electron chi connectivity index (χ2n) is 6.40. The Morgan fingerprint density at radius 1 is 1.38 bits per heavy atom. The highest BCUT2D eigenvalue weighted by Crippen LogP contribution is 2.34. The van der Waals surface area contributed by atoms with Crippen LogP contribution in [0.5, 0.6) is 5.75 Å². The molecule has 1 amide bonds.